The highest BCUT2D eigenvalue weighted by atomic mass is 79.9. The fraction of sp³-hybridized carbons (Fsp3) is 0.900. The minimum absolute atomic E-state index is 0. The molecule has 15 heavy (non-hydrogen) atoms. The van der Waals surface area contributed by atoms with Crippen LogP contribution in [-0.4, -0.2) is 42.4 Å². The van der Waals surface area contributed by atoms with Crippen molar-refractivity contribution in [1.82, 2.24) is 4.90 Å². The van der Waals surface area contributed by atoms with Crippen molar-refractivity contribution >= 4 is 38.9 Å². The number of rotatable bonds is 4. The molecule has 0 spiro atoms. The van der Waals surface area contributed by atoms with Crippen LogP contribution in [0, 0.1) is 5.92 Å². The molecule has 0 bridgehead atoms. The van der Waals surface area contributed by atoms with Crippen molar-refractivity contribution < 1.29 is 9.53 Å². The summed E-state index contributed by atoms with van der Waals surface area (Å²) in [5, 5.41) is 0.975. The topological polar surface area (TPSA) is 29.5 Å². The van der Waals surface area contributed by atoms with Gasteiger partial charge in [0, 0.05) is 18.4 Å². The molecule has 0 aromatic carbocycles. The van der Waals surface area contributed by atoms with E-state index >= 15 is 0 Å². The average molecular weight is 345 g/mol. The first-order valence-electron chi connectivity index (χ1n) is 5.23. The number of piperidine rings is 1. The number of hydrogen-bond donors (Lipinski definition) is 0. The van der Waals surface area contributed by atoms with Gasteiger partial charge >= 0.3 is 5.97 Å². The monoisotopic (exact) mass is 343 g/mol. The Morgan fingerprint density at radius 2 is 2.33 bits per heavy atom. The maximum absolute atomic E-state index is 11.5. The zero-order valence-corrected chi connectivity index (χ0v) is 12.4. The number of likely N-dealkylation sites (tertiary alicyclic amines) is 1. The number of alkyl halides is 1. The standard InChI is InChI=1S/C10H18BrNO2.BrH/c1-2-14-10(13)9-4-3-6-12(8-9)7-5-11;/h9H,2-8H2,1H3;1H/t9-;/m1./s1. The Bertz CT molecular complexity index is 188. The minimum Gasteiger partial charge on any atom is -0.466 e. The molecule has 1 heterocycles. The molecule has 0 aromatic heterocycles. The van der Waals surface area contributed by atoms with E-state index in [0.717, 1.165) is 37.8 Å². The van der Waals surface area contributed by atoms with Crippen LogP contribution in [0.5, 0.6) is 0 Å². The van der Waals surface area contributed by atoms with Crippen molar-refractivity contribution in [3.05, 3.63) is 0 Å². The number of carbonyl (C=O) groups excluding carboxylic acids is 1. The molecule has 1 aliphatic rings. The average Bonchev–Trinajstić information content (AvgIpc) is 2.19. The molecule has 0 N–H and O–H groups in total. The number of carbonyl (C=O) groups is 1. The molecular formula is C10H19Br2NO2. The summed E-state index contributed by atoms with van der Waals surface area (Å²) in [4.78, 5) is 13.8. The molecule has 0 aromatic rings. The molecular weight excluding hydrogens is 326 g/mol. The van der Waals surface area contributed by atoms with Gasteiger partial charge in [0.1, 0.15) is 0 Å². The van der Waals surface area contributed by atoms with Gasteiger partial charge < -0.3 is 9.64 Å². The summed E-state index contributed by atoms with van der Waals surface area (Å²) in [6.07, 6.45) is 2.09. The van der Waals surface area contributed by atoms with E-state index in [-0.39, 0.29) is 28.9 Å². The van der Waals surface area contributed by atoms with Crippen LogP contribution in [0.1, 0.15) is 19.8 Å². The van der Waals surface area contributed by atoms with Gasteiger partial charge in [-0.25, -0.2) is 0 Å². The first-order valence-corrected chi connectivity index (χ1v) is 6.35. The minimum atomic E-state index is -0.0215. The van der Waals surface area contributed by atoms with E-state index in [4.69, 9.17) is 4.74 Å². The summed E-state index contributed by atoms with van der Waals surface area (Å²) >= 11 is 3.41. The van der Waals surface area contributed by atoms with Crippen molar-refractivity contribution in [3.63, 3.8) is 0 Å². The van der Waals surface area contributed by atoms with E-state index in [1.54, 1.807) is 0 Å². The van der Waals surface area contributed by atoms with E-state index < -0.39 is 0 Å². The molecule has 0 amide bonds. The van der Waals surface area contributed by atoms with E-state index in [1.807, 2.05) is 6.92 Å². The second-order valence-electron chi connectivity index (χ2n) is 3.58. The lowest BCUT2D eigenvalue weighted by atomic mass is 9.98. The largest absolute Gasteiger partial charge is 0.466 e. The van der Waals surface area contributed by atoms with Gasteiger partial charge in [0.25, 0.3) is 0 Å². The molecule has 1 atom stereocenters. The first-order chi connectivity index (χ1) is 6.77. The Labute approximate surface area is 110 Å². The number of nitrogens with zero attached hydrogens (tertiary/aromatic N) is 1. The second-order valence-corrected chi connectivity index (χ2v) is 4.37. The summed E-state index contributed by atoms with van der Waals surface area (Å²) in [5.74, 6) is 0.0783. The van der Waals surface area contributed by atoms with Crippen LogP contribution >= 0.6 is 32.9 Å². The number of halogens is 2. The van der Waals surface area contributed by atoms with Gasteiger partial charge in [0.2, 0.25) is 0 Å². The van der Waals surface area contributed by atoms with Gasteiger partial charge in [0.05, 0.1) is 12.5 Å². The third-order valence-electron chi connectivity index (χ3n) is 2.53. The maximum Gasteiger partial charge on any atom is 0.310 e. The van der Waals surface area contributed by atoms with Crippen LogP contribution in [-0.2, 0) is 9.53 Å². The molecule has 0 unspecified atom stereocenters. The lowest BCUT2D eigenvalue weighted by Gasteiger charge is -2.30. The molecule has 1 fully saturated rings. The van der Waals surface area contributed by atoms with E-state index in [9.17, 15) is 4.79 Å². The first kappa shape index (κ1) is 15.4. The van der Waals surface area contributed by atoms with Crippen LogP contribution in [0.2, 0.25) is 0 Å². The summed E-state index contributed by atoms with van der Waals surface area (Å²) in [6.45, 7) is 5.35. The maximum atomic E-state index is 11.5. The highest BCUT2D eigenvalue weighted by Crippen LogP contribution is 2.17. The van der Waals surface area contributed by atoms with Crippen molar-refractivity contribution in [1.29, 1.82) is 0 Å². The van der Waals surface area contributed by atoms with Gasteiger partial charge in [-0.1, -0.05) is 15.9 Å². The van der Waals surface area contributed by atoms with Crippen LogP contribution < -0.4 is 0 Å². The van der Waals surface area contributed by atoms with Gasteiger partial charge in [0.15, 0.2) is 0 Å². The molecule has 1 aliphatic heterocycles. The van der Waals surface area contributed by atoms with E-state index in [0.29, 0.717) is 6.61 Å². The van der Waals surface area contributed by atoms with Crippen molar-refractivity contribution in [2.24, 2.45) is 5.92 Å². The van der Waals surface area contributed by atoms with Gasteiger partial charge in [-0.15, -0.1) is 17.0 Å². The van der Waals surface area contributed by atoms with Crippen LogP contribution in [0.3, 0.4) is 0 Å². The van der Waals surface area contributed by atoms with Gasteiger partial charge in [-0.2, -0.15) is 0 Å². The number of hydrogen-bond acceptors (Lipinski definition) is 3. The van der Waals surface area contributed by atoms with Crippen LogP contribution in [0.4, 0.5) is 0 Å². The molecule has 90 valence electrons. The molecule has 1 saturated heterocycles. The quantitative estimate of drug-likeness (QED) is 0.578. The van der Waals surface area contributed by atoms with Crippen molar-refractivity contribution in [3.8, 4) is 0 Å². The zero-order valence-electron chi connectivity index (χ0n) is 9.08. The van der Waals surface area contributed by atoms with Crippen LogP contribution in [0.25, 0.3) is 0 Å². The summed E-state index contributed by atoms with van der Waals surface area (Å²) < 4.78 is 5.03. The van der Waals surface area contributed by atoms with Crippen molar-refractivity contribution in [2.45, 2.75) is 19.8 Å². The highest BCUT2D eigenvalue weighted by molar-refractivity contribution is 9.09. The normalized spacial score (nSPS) is 21.9. The zero-order chi connectivity index (χ0) is 10.4. The molecule has 3 nitrogen and oxygen atoms in total. The third-order valence-corrected chi connectivity index (χ3v) is 2.88. The summed E-state index contributed by atoms with van der Waals surface area (Å²) in [7, 11) is 0. The Kier molecular flexibility index (Phi) is 8.75. The lowest BCUT2D eigenvalue weighted by molar-refractivity contribution is -0.149. The Morgan fingerprint density at radius 3 is 2.93 bits per heavy atom. The fourth-order valence-electron chi connectivity index (χ4n) is 1.83. The number of esters is 1. The smallest absolute Gasteiger partial charge is 0.310 e. The Hall–Kier alpha value is 0.390. The fourth-order valence-corrected chi connectivity index (χ4v) is 2.33. The predicted octanol–water partition coefficient (Wildman–Crippen LogP) is 2.23. The Morgan fingerprint density at radius 1 is 1.60 bits per heavy atom. The Balaban J connectivity index is 0.00000196. The SMILES string of the molecule is Br.CCOC(=O)[C@@H]1CCCN(CCBr)C1. The molecule has 5 heteroatoms. The second kappa shape index (κ2) is 8.53. The van der Waals surface area contributed by atoms with Gasteiger partial charge in [-0.3, -0.25) is 4.79 Å². The van der Waals surface area contributed by atoms with Crippen molar-refractivity contribution in [2.75, 3.05) is 31.6 Å². The molecule has 1 rings (SSSR count). The van der Waals surface area contributed by atoms with E-state index in [2.05, 4.69) is 20.8 Å². The van der Waals surface area contributed by atoms with E-state index in [1.165, 1.54) is 0 Å². The molecule has 0 radical (unpaired) electrons. The predicted molar refractivity (Wildman–Crippen MR) is 69.9 cm³/mol. The molecule has 0 saturated carbocycles. The highest BCUT2D eigenvalue weighted by Gasteiger charge is 2.26. The van der Waals surface area contributed by atoms with Gasteiger partial charge in [-0.05, 0) is 26.3 Å². The summed E-state index contributed by atoms with van der Waals surface area (Å²) in [5.41, 5.74) is 0. The third kappa shape index (κ3) is 5.31. The summed E-state index contributed by atoms with van der Waals surface area (Å²) in [6, 6.07) is 0. The number of ether oxygens (including phenoxy) is 1. The van der Waals surface area contributed by atoms with Crippen LogP contribution in [0.15, 0.2) is 0 Å². The lowest BCUT2D eigenvalue weighted by Crippen LogP contribution is -2.40. The molecule has 0 aliphatic carbocycles.